The normalized spacial score (nSPS) is 11.7. The molecule has 8 nitrogen and oxygen atoms in total. The molecule has 0 aliphatic rings. The molecule has 0 fully saturated rings. The van der Waals surface area contributed by atoms with Crippen LogP contribution in [0.25, 0.3) is 55.7 Å². The third-order valence-corrected chi connectivity index (χ3v) is 8.50. The molecule has 0 aliphatic carbocycles. The number of sulfonamides is 1. The van der Waals surface area contributed by atoms with Crippen molar-refractivity contribution >= 4 is 55.1 Å². The van der Waals surface area contributed by atoms with Gasteiger partial charge in [-0.15, -0.1) is 0 Å². The molecule has 0 radical (unpaired) electrons. The highest BCUT2D eigenvalue weighted by atomic mass is 35.5. The van der Waals surface area contributed by atoms with E-state index in [-0.39, 0.29) is 22.1 Å². The number of hydrogen-bond donors (Lipinski definition) is 2. The monoisotopic (exact) mass is 602 g/mol. The van der Waals surface area contributed by atoms with E-state index in [1.165, 1.54) is 38.4 Å². The lowest BCUT2D eigenvalue weighted by atomic mass is 9.98. The number of rotatable bonds is 6. The predicted molar refractivity (Wildman–Crippen MR) is 164 cm³/mol. The zero-order valence-corrected chi connectivity index (χ0v) is 24.3. The number of aromatic amines is 1. The number of H-pyrrole nitrogens is 1. The summed E-state index contributed by atoms with van der Waals surface area (Å²) in [4.78, 5) is 21.0. The van der Waals surface area contributed by atoms with Crippen molar-refractivity contribution in [3.63, 3.8) is 0 Å². The minimum atomic E-state index is -3.71. The Balaban J connectivity index is 1.63. The van der Waals surface area contributed by atoms with Crippen LogP contribution in [0.2, 0.25) is 5.15 Å². The molecule has 0 bridgehead atoms. The summed E-state index contributed by atoms with van der Waals surface area (Å²) in [7, 11) is -0.777. The first-order chi connectivity index (χ1) is 20.0. The molecule has 3 heterocycles. The molecule has 0 spiro atoms. The van der Waals surface area contributed by atoms with E-state index in [9.17, 15) is 17.6 Å². The number of furan rings is 1. The third-order valence-electron chi connectivity index (χ3n) is 7.11. The van der Waals surface area contributed by atoms with Gasteiger partial charge in [0, 0.05) is 47.6 Å². The first-order valence-electron chi connectivity index (χ1n) is 12.8. The smallest absolute Gasteiger partial charge is 0.255 e. The maximum atomic E-state index is 13.7. The van der Waals surface area contributed by atoms with Gasteiger partial charge in [0.15, 0.2) is 0 Å². The van der Waals surface area contributed by atoms with Crippen molar-refractivity contribution in [2.75, 3.05) is 24.7 Å². The van der Waals surface area contributed by atoms with Gasteiger partial charge in [-0.2, -0.15) is 0 Å². The van der Waals surface area contributed by atoms with E-state index in [2.05, 4.69) is 15.3 Å². The molecule has 1 amide bonds. The number of anilines is 1. The summed E-state index contributed by atoms with van der Waals surface area (Å²) >= 11 is 6.52. The van der Waals surface area contributed by atoms with Crippen molar-refractivity contribution in [1.82, 2.24) is 15.3 Å². The minimum absolute atomic E-state index is 0.194. The Labute approximate surface area is 245 Å². The fourth-order valence-electron chi connectivity index (χ4n) is 4.96. The Bertz CT molecular complexity index is 2090. The van der Waals surface area contributed by atoms with Gasteiger partial charge in [0.2, 0.25) is 10.0 Å². The number of pyridine rings is 1. The first kappa shape index (κ1) is 27.5. The van der Waals surface area contributed by atoms with Crippen molar-refractivity contribution in [2.45, 2.75) is 0 Å². The largest absolute Gasteiger partial charge is 0.455 e. The van der Waals surface area contributed by atoms with Crippen molar-refractivity contribution in [3.05, 3.63) is 95.4 Å². The molecular formula is C31H24ClFN4O4S. The zero-order valence-electron chi connectivity index (χ0n) is 22.7. The second kappa shape index (κ2) is 10.3. The SMILES string of the molecule is CNC(=O)c1c(-c2ccc(F)cc2)oc2cc(N(C)S(C)(=O)=O)c(-c3cc(Cl)nc(-c4cc5ccccc5[nH]4)c3)cc12. The lowest BCUT2D eigenvalue weighted by Crippen LogP contribution is -2.25. The maximum Gasteiger partial charge on any atom is 0.255 e. The summed E-state index contributed by atoms with van der Waals surface area (Å²) in [5.74, 6) is -0.633. The Hall–Kier alpha value is -4.67. The second-order valence-electron chi connectivity index (χ2n) is 9.82. The molecule has 6 rings (SSSR count). The quantitative estimate of drug-likeness (QED) is 0.203. The van der Waals surface area contributed by atoms with Crippen LogP contribution >= 0.6 is 11.6 Å². The Kier molecular flexibility index (Phi) is 6.75. The second-order valence-corrected chi connectivity index (χ2v) is 12.2. The fraction of sp³-hybridized carbons (Fsp3) is 0.0968. The van der Waals surface area contributed by atoms with Gasteiger partial charge < -0.3 is 14.7 Å². The van der Waals surface area contributed by atoms with Gasteiger partial charge in [0.05, 0.1) is 28.9 Å². The number of carbonyl (C=O) groups excluding carboxylic acids is 1. The van der Waals surface area contributed by atoms with Crippen molar-refractivity contribution in [1.29, 1.82) is 0 Å². The molecule has 6 aromatic rings. The number of para-hydroxylation sites is 1. The van der Waals surface area contributed by atoms with Gasteiger partial charge in [-0.1, -0.05) is 29.8 Å². The van der Waals surface area contributed by atoms with E-state index in [0.717, 1.165) is 27.2 Å². The van der Waals surface area contributed by atoms with Crippen LogP contribution in [-0.4, -0.2) is 44.6 Å². The van der Waals surface area contributed by atoms with Crippen LogP contribution in [0.15, 0.2) is 83.3 Å². The van der Waals surface area contributed by atoms with Crippen LogP contribution in [0.4, 0.5) is 10.1 Å². The van der Waals surface area contributed by atoms with E-state index < -0.39 is 21.7 Å². The average Bonchev–Trinajstić information content (AvgIpc) is 3.57. The third kappa shape index (κ3) is 4.88. The number of nitrogens with one attached hydrogen (secondary N) is 2. The van der Waals surface area contributed by atoms with E-state index in [0.29, 0.717) is 33.5 Å². The number of carbonyl (C=O) groups is 1. The molecule has 3 aromatic heterocycles. The number of nitrogens with zero attached hydrogens (tertiary/aromatic N) is 2. The number of benzene rings is 3. The summed E-state index contributed by atoms with van der Waals surface area (Å²) in [5, 5.41) is 4.27. The summed E-state index contributed by atoms with van der Waals surface area (Å²) in [6, 6.07) is 22.0. The Morgan fingerprint density at radius 3 is 2.45 bits per heavy atom. The van der Waals surface area contributed by atoms with E-state index in [4.69, 9.17) is 16.0 Å². The highest BCUT2D eigenvalue weighted by molar-refractivity contribution is 7.92. The molecule has 3 aromatic carbocycles. The highest BCUT2D eigenvalue weighted by Crippen LogP contribution is 2.42. The standard InChI is InChI=1S/C31H24ClFN4O4S/c1-34-31(38)29-22-15-21(19-13-25(36-28(32)14-19)24-12-18-6-4-5-7-23(18)35-24)26(37(2)42(3,39)40)16-27(22)41-30(29)17-8-10-20(33)11-9-17/h4-16,35H,1-3H3,(H,34,38). The molecule has 0 unspecified atom stereocenters. The molecule has 0 saturated heterocycles. The van der Waals surface area contributed by atoms with Crippen LogP contribution in [0, 0.1) is 5.82 Å². The van der Waals surface area contributed by atoms with Crippen LogP contribution in [0.1, 0.15) is 10.4 Å². The number of aromatic nitrogens is 2. The number of fused-ring (bicyclic) bond motifs is 2. The molecule has 2 N–H and O–H groups in total. The van der Waals surface area contributed by atoms with Crippen molar-refractivity contribution in [2.24, 2.45) is 0 Å². The molecule has 0 atom stereocenters. The molecule has 212 valence electrons. The predicted octanol–water partition coefficient (Wildman–Crippen LogP) is 6.86. The van der Waals surface area contributed by atoms with E-state index in [1.54, 1.807) is 24.3 Å². The summed E-state index contributed by atoms with van der Waals surface area (Å²) in [6.07, 6.45) is 1.10. The van der Waals surface area contributed by atoms with Crippen LogP contribution < -0.4 is 9.62 Å². The maximum absolute atomic E-state index is 13.7. The summed E-state index contributed by atoms with van der Waals surface area (Å²) in [5.41, 5.74) is 4.55. The molecule has 42 heavy (non-hydrogen) atoms. The van der Waals surface area contributed by atoms with E-state index in [1.807, 2.05) is 30.3 Å². The topological polar surface area (TPSA) is 108 Å². The number of amides is 1. The number of halogens is 2. The molecular weight excluding hydrogens is 579 g/mol. The van der Waals surface area contributed by atoms with Gasteiger partial charge >= 0.3 is 0 Å². The van der Waals surface area contributed by atoms with Crippen LogP contribution in [-0.2, 0) is 10.0 Å². The molecule has 0 saturated carbocycles. The van der Waals surface area contributed by atoms with Gasteiger partial charge in [0.25, 0.3) is 5.91 Å². The van der Waals surface area contributed by atoms with Gasteiger partial charge in [-0.25, -0.2) is 17.8 Å². The average molecular weight is 603 g/mol. The fourth-order valence-corrected chi connectivity index (χ4v) is 5.68. The zero-order chi connectivity index (χ0) is 29.8. The van der Waals surface area contributed by atoms with Crippen LogP contribution in [0.5, 0.6) is 0 Å². The number of hydrogen-bond acceptors (Lipinski definition) is 5. The molecule has 0 aliphatic heterocycles. The van der Waals surface area contributed by atoms with Gasteiger partial charge in [-0.3, -0.25) is 9.10 Å². The minimum Gasteiger partial charge on any atom is -0.455 e. The Morgan fingerprint density at radius 2 is 1.76 bits per heavy atom. The highest BCUT2D eigenvalue weighted by Gasteiger charge is 2.26. The summed E-state index contributed by atoms with van der Waals surface area (Å²) < 4.78 is 46.4. The van der Waals surface area contributed by atoms with Crippen LogP contribution in [0.3, 0.4) is 0 Å². The summed E-state index contributed by atoms with van der Waals surface area (Å²) in [6.45, 7) is 0. The Morgan fingerprint density at radius 1 is 1.02 bits per heavy atom. The first-order valence-corrected chi connectivity index (χ1v) is 15.0. The van der Waals surface area contributed by atoms with E-state index >= 15 is 0 Å². The lowest BCUT2D eigenvalue weighted by Gasteiger charge is -2.21. The van der Waals surface area contributed by atoms with Gasteiger partial charge in [0.1, 0.15) is 22.3 Å². The van der Waals surface area contributed by atoms with Gasteiger partial charge in [-0.05, 0) is 60.2 Å². The van der Waals surface area contributed by atoms with Crippen molar-refractivity contribution in [3.8, 4) is 33.8 Å². The molecule has 11 heteroatoms. The lowest BCUT2D eigenvalue weighted by molar-refractivity contribution is 0.0964. The van der Waals surface area contributed by atoms with Crippen molar-refractivity contribution < 1.29 is 22.0 Å².